The molecule has 1 aromatic carbocycles. The molecule has 3 amide bonds. The van der Waals surface area contributed by atoms with Crippen molar-refractivity contribution in [3.05, 3.63) is 28.2 Å². The van der Waals surface area contributed by atoms with Crippen LogP contribution in [0.15, 0.2) is 18.2 Å². The summed E-state index contributed by atoms with van der Waals surface area (Å²) in [6.07, 6.45) is 0.144. The van der Waals surface area contributed by atoms with Crippen LogP contribution >= 0.6 is 23.2 Å². The smallest absolute Gasteiger partial charge is 0.244 e. The lowest BCUT2D eigenvalue weighted by Crippen LogP contribution is -2.39. The Morgan fingerprint density at radius 2 is 2.00 bits per heavy atom. The van der Waals surface area contributed by atoms with Crippen molar-refractivity contribution in [2.24, 2.45) is 5.92 Å². The van der Waals surface area contributed by atoms with Crippen molar-refractivity contribution in [3.8, 4) is 0 Å². The summed E-state index contributed by atoms with van der Waals surface area (Å²) in [6, 6.07) is 4.88. The minimum atomic E-state index is -0.457. The van der Waals surface area contributed by atoms with Crippen molar-refractivity contribution in [1.29, 1.82) is 0 Å². The summed E-state index contributed by atoms with van der Waals surface area (Å²) in [7, 11) is 3.08. The third-order valence-corrected chi connectivity index (χ3v) is 4.74. The number of benzene rings is 1. The molecule has 0 aromatic heterocycles. The second-order valence-electron chi connectivity index (χ2n) is 6.07. The molecule has 0 aliphatic carbocycles. The number of carbonyl (C=O) groups excluding carboxylic acids is 3. The van der Waals surface area contributed by atoms with E-state index < -0.39 is 11.8 Å². The van der Waals surface area contributed by atoms with Crippen molar-refractivity contribution in [1.82, 2.24) is 9.80 Å². The van der Waals surface area contributed by atoms with Gasteiger partial charge in [-0.3, -0.25) is 14.4 Å². The van der Waals surface area contributed by atoms with E-state index in [1.165, 1.54) is 11.9 Å². The molecular formula is C17H21Cl2N3O4. The molecule has 1 aromatic rings. The molecule has 1 heterocycles. The van der Waals surface area contributed by atoms with Crippen molar-refractivity contribution in [2.45, 2.75) is 6.42 Å². The summed E-state index contributed by atoms with van der Waals surface area (Å²) < 4.78 is 4.96. The molecule has 142 valence electrons. The van der Waals surface area contributed by atoms with E-state index >= 15 is 0 Å². The van der Waals surface area contributed by atoms with Crippen LogP contribution in [0.3, 0.4) is 0 Å². The molecule has 26 heavy (non-hydrogen) atoms. The Kier molecular flexibility index (Phi) is 7.25. The number of nitrogens with one attached hydrogen (secondary N) is 1. The van der Waals surface area contributed by atoms with Gasteiger partial charge in [-0.15, -0.1) is 0 Å². The normalized spacial score (nSPS) is 16.7. The van der Waals surface area contributed by atoms with E-state index in [0.717, 1.165) is 0 Å². The number of amides is 3. The summed E-state index contributed by atoms with van der Waals surface area (Å²) >= 11 is 12.0. The first-order valence-corrected chi connectivity index (χ1v) is 8.84. The SMILES string of the molecule is COCCN1C[C@H](C(=O)N(C)CC(=O)Nc2c(Cl)cccc2Cl)CC1=O. The zero-order valence-corrected chi connectivity index (χ0v) is 16.1. The van der Waals surface area contributed by atoms with Gasteiger partial charge in [-0.2, -0.15) is 0 Å². The van der Waals surface area contributed by atoms with Gasteiger partial charge in [0.05, 0.1) is 34.8 Å². The summed E-state index contributed by atoms with van der Waals surface area (Å²) in [4.78, 5) is 39.6. The molecule has 0 saturated carbocycles. The number of carbonyl (C=O) groups is 3. The highest BCUT2D eigenvalue weighted by Gasteiger charge is 2.35. The molecule has 1 atom stereocenters. The number of rotatable bonds is 7. The lowest BCUT2D eigenvalue weighted by Gasteiger charge is -2.21. The van der Waals surface area contributed by atoms with Gasteiger partial charge in [-0.1, -0.05) is 29.3 Å². The van der Waals surface area contributed by atoms with E-state index in [9.17, 15) is 14.4 Å². The van der Waals surface area contributed by atoms with Crippen LogP contribution in [0.5, 0.6) is 0 Å². The number of ether oxygens (including phenoxy) is 1. The monoisotopic (exact) mass is 401 g/mol. The molecule has 1 N–H and O–H groups in total. The number of methoxy groups -OCH3 is 1. The Bertz CT molecular complexity index is 678. The van der Waals surface area contributed by atoms with E-state index in [0.29, 0.717) is 35.4 Å². The molecule has 1 aliphatic heterocycles. The van der Waals surface area contributed by atoms with E-state index in [4.69, 9.17) is 27.9 Å². The summed E-state index contributed by atoms with van der Waals surface area (Å²) in [6.45, 7) is 1.05. The molecule has 0 bridgehead atoms. The number of para-hydroxylation sites is 1. The fourth-order valence-electron chi connectivity index (χ4n) is 2.76. The number of hydrogen-bond acceptors (Lipinski definition) is 4. The van der Waals surface area contributed by atoms with Gasteiger partial charge in [-0.25, -0.2) is 0 Å². The number of hydrogen-bond donors (Lipinski definition) is 1. The average Bonchev–Trinajstić information content (AvgIpc) is 2.96. The van der Waals surface area contributed by atoms with Crippen molar-refractivity contribution >= 4 is 46.6 Å². The fourth-order valence-corrected chi connectivity index (χ4v) is 3.25. The Balaban J connectivity index is 1.91. The van der Waals surface area contributed by atoms with Crippen molar-refractivity contribution in [3.63, 3.8) is 0 Å². The number of halogens is 2. The van der Waals surface area contributed by atoms with Crippen LogP contribution in [0.2, 0.25) is 10.0 Å². The zero-order chi connectivity index (χ0) is 19.3. The second kappa shape index (κ2) is 9.21. The molecule has 0 radical (unpaired) electrons. The third-order valence-electron chi connectivity index (χ3n) is 4.11. The molecule has 0 unspecified atom stereocenters. The van der Waals surface area contributed by atoms with E-state index in [1.54, 1.807) is 30.2 Å². The minimum Gasteiger partial charge on any atom is -0.383 e. The van der Waals surface area contributed by atoms with E-state index in [-0.39, 0.29) is 24.8 Å². The molecule has 1 saturated heterocycles. The first kappa shape index (κ1) is 20.5. The highest BCUT2D eigenvalue weighted by atomic mass is 35.5. The molecular weight excluding hydrogens is 381 g/mol. The summed E-state index contributed by atoms with van der Waals surface area (Å²) in [5.41, 5.74) is 0.309. The minimum absolute atomic E-state index is 0.0823. The second-order valence-corrected chi connectivity index (χ2v) is 6.89. The Hall–Kier alpha value is -1.83. The Morgan fingerprint density at radius 1 is 1.35 bits per heavy atom. The first-order valence-electron chi connectivity index (χ1n) is 8.09. The summed E-state index contributed by atoms with van der Waals surface area (Å²) in [5.74, 6) is -1.21. The van der Waals surface area contributed by atoms with Crippen LogP contribution in [-0.4, -0.2) is 67.9 Å². The quantitative estimate of drug-likeness (QED) is 0.756. The molecule has 2 rings (SSSR count). The lowest BCUT2D eigenvalue weighted by molar-refractivity contribution is -0.137. The number of likely N-dealkylation sites (N-methyl/N-ethyl adjacent to an activating group) is 1. The van der Waals surface area contributed by atoms with E-state index in [1.807, 2.05) is 0 Å². The highest BCUT2D eigenvalue weighted by molar-refractivity contribution is 6.39. The van der Waals surface area contributed by atoms with Gasteiger partial charge in [0.2, 0.25) is 17.7 Å². The standard InChI is InChI=1S/C17H21Cl2N3O4/c1-21(10-14(23)20-16-12(18)4-3-5-13(16)19)17(25)11-8-15(24)22(9-11)6-7-26-2/h3-5,11H,6-10H2,1-2H3,(H,20,23)/t11-/m1/s1. The average molecular weight is 402 g/mol. The van der Waals surface area contributed by atoms with Gasteiger partial charge in [0.25, 0.3) is 0 Å². The van der Waals surface area contributed by atoms with Gasteiger partial charge in [0, 0.05) is 33.7 Å². The van der Waals surface area contributed by atoms with Crippen molar-refractivity contribution < 1.29 is 19.1 Å². The maximum Gasteiger partial charge on any atom is 0.244 e. The highest BCUT2D eigenvalue weighted by Crippen LogP contribution is 2.29. The Labute approximate surface area is 162 Å². The van der Waals surface area contributed by atoms with Crippen LogP contribution < -0.4 is 5.32 Å². The maximum absolute atomic E-state index is 12.5. The van der Waals surface area contributed by atoms with Gasteiger partial charge < -0.3 is 19.9 Å². The first-order chi connectivity index (χ1) is 12.3. The van der Waals surface area contributed by atoms with Crippen molar-refractivity contribution in [2.75, 3.05) is 45.7 Å². The fraction of sp³-hybridized carbons (Fsp3) is 0.471. The topological polar surface area (TPSA) is 79.0 Å². The van der Waals surface area contributed by atoms with Gasteiger partial charge in [0.15, 0.2) is 0 Å². The van der Waals surface area contributed by atoms with Gasteiger partial charge >= 0.3 is 0 Å². The predicted octanol–water partition coefficient (Wildman–Crippen LogP) is 1.89. The van der Waals surface area contributed by atoms with Gasteiger partial charge in [-0.05, 0) is 12.1 Å². The van der Waals surface area contributed by atoms with Gasteiger partial charge in [0.1, 0.15) is 0 Å². The number of anilines is 1. The zero-order valence-electron chi connectivity index (χ0n) is 14.6. The van der Waals surface area contributed by atoms with Crippen LogP contribution in [-0.2, 0) is 19.1 Å². The summed E-state index contributed by atoms with van der Waals surface area (Å²) in [5, 5.41) is 3.24. The van der Waals surface area contributed by atoms with Crippen LogP contribution in [0, 0.1) is 5.92 Å². The molecule has 9 heteroatoms. The van der Waals surface area contributed by atoms with E-state index in [2.05, 4.69) is 5.32 Å². The van der Waals surface area contributed by atoms with Crippen LogP contribution in [0.25, 0.3) is 0 Å². The third kappa shape index (κ3) is 5.09. The largest absolute Gasteiger partial charge is 0.383 e. The predicted molar refractivity (Wildman–Crippen MR) is 99.3 cm³/mol. The lowest BCUT2D eigenvalue weighted by atomic mass is 10.1. The van der Waals surface area contributed by atoms with Crippen LogP contribution in [0.4, 0.5) is 5.69 Å². The number of nitrogens with zero attached hydrogens (tertiary/aromatic N) is 2. The molecule has 7 nitrogen and oxygen atoms in total. The number of likely N-dealkylation sites (tertiary alicyclic amines) is 1. The molecule has 0 spiro atoms. The Morgan fingerprint density at radius 3 is 2.62 bits per heavy atom. The van der Waals surface area contributed by atoms with Crippen LogP contribution in [0.1, 0.15) is 6.42 Å². The molecule has 1 fully saturated rings. The maximum atomic E-state index is 12.5. The molecule has 1 aliphatic rings.